The first-order valence-corrected chi connectivity index (χ1v) is 17.4. The zero-order valence-corrected chi connectivity index (χ0v) is 29.6. The number of rotatable bonds is 16. The van der Waals surface area contributed by atoms with Gasteiger partial charge in [0.25, 0.3) is 0 Å². The predicted octanol–water partition coefficient (Wildman–Crippen LogP) is 5.94. The number of nitrogens with zero attached hydrogens (tertiary/aromatic N) is 2. The van der Waals surface area contributed by atoms with Gasteiger partial charge in [0.1, 0.15) is 17.1 Å². The molecule has 2 N–H and O–H groups in total. The van der Waals surface area contributed by atoms with Crippen LogP contribution in [0.15, 0.2) is 113 Å². The van der Waals surface area contributed by atoms with Crippen molar-refractivity contribution in [3.8, 4) is 0 Å². The van der Waals surface area contributed by atoms with Crippen molar-refractivity contribution >= 4 is 45.9 Å². The summed E-state index contributed by atoms with van der Waals surface area (Å²) >= 11 is 0. The molecule has 14 nitrogen and oxygen atoms in total. The Morgan fingerprint density at radius 1 is 0.759 bits per heavy atom. The van der Waals surface area contributed by atoms with Gasteiger partial charge < -0.3 is 37.6 Å². The number of amides is 1. The fourth-order valence-electron chi connectivity index (χ4n) is 6.23. The maximum absolute atomic E-state index is 14.1. The summed E-state index contributed by atoms with van der Waals surface area (Å²) in [5.74, 6) is -2.61. The predicted molar refractivity (Wildman–Crippen MR) is 195 cm³/mol. The molecule has 0 aliphatic carbocycles. The second-order valence-electron chi connectivity index (χ2n) is 12.6. The van der Waals surface area contributed by atoms with Gasteiger partial charge in [-0.2, -0.15) is 0 Å². The van der Waals surface area contributed by atoms with Gasteiger partial charge in [0.15, 0.2) is 47.5 Å². The van der Waals surface area contributed by atoms with E-state index >= 15 is 0 Å². The minimum Gasteiger partial charge on any atom is -0.454 e. The number of benzene rings is 3. The van der Waals surface area contributed by atoms with E-state index in [0.29, 0.717) is 39.7 Å². The van der Waals surface area contributed by atoms with Crippen LogP contribution in [0.2, 0.25) is 0 Å². The lowest BCUT2D eigenvalue weighted by molar-refractivity contribution is -0.300. The Balaban J connectivity index is 1.30. The van der Waals surface area contributed by atoms with Crippen LogP contribution in [0.25, 0.3) is 22.2 Å². The van der Waals surface area contributed by atoms with Gasteiger partial charge in [0, 0.05) is 25.6 Å². The van der Waals surface area contributed by atoms with E-state index in [1.54, 1.807) is 66.7 Å². The van der Waals surface area contributed by atoms with E-state index in [1.165, 1.54) is 7.11 Å². The monoisotopic (exact) mass is 739 g/mol. The first kappa shape index (κ1) is 37.9. The number of aromatic nitrogens is 2. The van der Waals surface area contributed by atoms with Gasteiger partial charge in [-0.25, -0.2) is 14.8 Å². The molecule has 0 unspecified atom stereocenters. The first-order chi connectivity index (χ1) is 26.3. The Labute approximate surface area is 310 Å². The molecule has 1 fully saturated rings. The Morgan fingerprint density at radius 2 is 1.28 bits per heavy atom. The standard InChI is InChI=1S/C40H41N3O11/c1-4-13-24(21-32-42-27-17-9-11-19-29(27)49-32)37(45)52-35-34(54-40(47)41-26-15-7-6-8-16-26)31(23-44)51-39(48-3)36(35)53-38(46)25(14-5-2)22-33-43-28-18-10-12-20-30(28)50-33/h4-12,15-20,24-25,31,34-36,39,44H,1-2,13-14,21-23H2,3H3,(H,41,47)/t24-,25-,31-,34-,35+,36-,39+/m1/s1. The van der Waals surface area contributed by atoms with E-state index in [0.717, 1.165) is 0 Å². The summed E-state index contributed by atoms with van der Waals surface area (Å²) in [5, 5.41) is 13.0. The number of methoxy groups -OCH3 is 1. The lowest BCUT2D eigenvalue weighted by Crippen LogP contribution is -2.63. The molecular formula is C40H41N3O11. The van der Waals surface area contributed by atoms with Gasteiger partial charge in [-0.1, -0.05) is 54.6 Å². The summed E-state index contributed by atoms with van der Waals surface area (Å²) in [6, 6.07) is 22.9. The molecule has 6 rings (SSSR count). The number of esters is 2. The average molecular weight is 740 g/mol. The number of aliphatic hydroxyl groups excluding tert-OH is 1. The molecule has 0 saturated carbocycles. The third kappa shape index (κ3) is 9.02. The highest BCUT2D eigenvalue weighted by Gasteiger charge is 2.53. The van der Waals surface area contributed by atoms with Crippen LogP contribution >= 0.6 is 0 Å². The van der Waals surface area contributed by atoms with Crippen molar-refractivity contribution in [2.45, 2.75) is 56.4 Å². The number of aliphatic hydroxyl groups is 1. The molecule has 1 aliphatic rings. The van der Waals surface area contributed by atoms with Gasteiger partial charge >= 0.3 is 18.0 Å². The fraction of sp³-hybridized carbons (Fsp3) is 0.325. The van der Waals surface area contributed by atoms with Gasteiger partial charge in [0.2, 0.25) is 0 Å². The molecule has 1 aliphatic heterocycles. The smallest absolute Gasteiger partial charge is 0.412 e. The second-order valence-corrected chi connectivity index (χ2v) is 12.6. The molecule has 7 atom stereocenters. The molecule has 3 heterocycles. The number of para-hydroxylation sites is 5. The summed E-state index contributed by atoms with van der Waals surface area (Å²) < 4.78 is 41.3. The van der Waals surface area contributed by atoms with Crippen LogP contribution in [-0.2, 0) is 46.1 Å². The summed E-state index contributed by atoms with van der Waals surface area (Å²) in [6.07, 6.45) is -4.49. The number of ether oxygens (including phenoxy) is 5. The number of anilines is 1. The SMILES string of the molecule is C=CC[C@H](Cc1nc2ccccc2o1)C(=O)O[C@@H]1[C@@H](OC(=O)[C@H](CC=C)Cc2nc3ccccc3o2)[C@@H](OC)O[C@H](CO)[C@H]1OC(=O)Nc1ccccc1. The lowest BCUT2D eigenvalue weighted by atomic mass is 9.96. The van der Waals surface area contributed by atoms with E-state index < -0.39 is 67.2 Å². The van der Waals surface area contributed by atoms with Crippen molar-refractivity contribution in [2.24, 2.45) is 11.8 Å². The molecule has 282 valence electrons. The Morgan fingerprint density at radius 3 is 1.78 bits per heavy atom. The summed E-state index contributed by atoms with van der Waals surface area (Å²) in [5.41, 5.74) is 2.77. The number of carbonyl (C=O) groups excluding carboxylic acids is 3. The van der Waals surface area contributed by atoms with E-state index in [4.69, 9.17) is 32.5 Å². The quantitative estimate of drug-likeness (QED) is 0.0690. The zero-order chi connectivity index (χ0) is 38.0. The van der Waals surface area contributed by atoms with Crippen molar-refractivity contribution in [3.05, 3.63) is 116 Å². The molecule has 1 amide bonds. The van der Waals surface area contributed by atoms with E-state index in [9.17, 15) is 19.5 Å². The molecule has 0 spiro atoms. The van der Waals surface area contributed by atoms with Crippen molar-refractivity contribution in [1.82, 2.24) is 9.97 Å². The van der Waals surface area contributed by atoms with Gasteiger partial charge in [-0.3, -0.25) is 14.9 Å². The molecule has 3 aromatic carbocycles. The molecule has 5 aromatic rings. The van der Waals surface area contributed by atoms with Crippen LogP contribution < -0.4 is 5.32 Å². The average Bonchev–Trinajstić information content (AvgIpc) is 3.79. The van der Waals surface area contributed by atoms with Crippen LogP contribution in [0.3, 0.4) is 0 Å². The van der Waals surface area contributed by atoms with Crippen LogP contribution in [0.4, 0.5) is 10.5 Å². The van der Waals surface area contributed by atoms with Crippen molar-refractivity contribution < 1.29 is 52.0 Å². The summed E-state index contributed by atoms with van der Waals surface area (Å²) in [6.45, 7) is 6.92. The Kier molecular flexibility index (Phi) is 12.5. The highest BCUT2D eigenvalue weighted by Crippen LogP contribution is 2.32. The van der Waals surface area contributed by atoms with E-state index in [2.05, 4.69) is 28.4 Å². The lowest BCUT2D eigenvalue weighted by Gasteiger charge is -2.44. The van der Waals surface area contributed by atoms with Crippen LogP contribution in [0.5, 0.6) is 0 Å². The molecule has 2 aromatic heterocycles. The summed E-state index contributed by atoms with van der Waals surface area (Å²) in [7, 11) is 1.30. The molecule has 0 bridgehead atoms. The number of oxazole rings is 2. The topological polar surface area (TPSA) is 182 Å². The molecule has 1 saturated heterocycles. The van der Waals surface area contributed by atoms with Crippen molar-refractivity contribution in [3.63, 3.8) is 0 Å². The number of hydrogen-bond donors (Lipinski definition) is 2. The Bertz CT molecular complexity index is 2000. The number of carbonyl (C=O) groups is 3. The van der Waals surface area contributed by atoms with Crippen LogP contribution in [0, 0.1) is 11.8 Å². The number of hydrogen-bond acceptors (Lipinski definition) is 13. The molecule has 14 heteroatoms. The van der Waals surface area contributed by atoms with E-state index in [1.807, 2.05) is 24.3 Å². The highest BCUT2D eigenvalue weighted by molar-refractivity contribution is 5.84. The van der Waals surface area contributed by atoms with Gasteiger partial charge in [0.05, 0.1) is 18.4 Å². The third-order valence-corrected chi connectivity index (χ3v) is 8.86. The largest absolute Gasteiger partial charge is 0.454 e. The maximum atomic E-state index is 14.1. The number of fused-ring (bicyclic) bond motifs is 2. The third-order valence-electron chi connectivity index (χ3n) is 8.86. The fourth-order valence-corrected chi connectivity index (χ4v) is 6.23. The van der Waals surface area contributed by atoms with Crippen LogP contribution in [0.1, 0.15) is 24.6 Å². The normalized spacial score (nSPS) is 20.8. The van der Waals surface area contributed by atoms with Gasteiger partial charge in [-0.05, 0) is 49.2 Å². The molecular weight excluding hydrogens is 698 g/mol. The van der Waals surface area contributed by atoms with E-state index in [-0.39, 0.29) is 25.7 Å². The molecule has 54 heavy (non-hydrogen) atoms. The Hall–Kier alpha value is -5.83. The first-order valence-electron chi connectivity index (χ1n) is 17.4. The van der Waals surface area contributed by atoms with Crippen molar-refractivity contribution in [2.75, 3.05) is 19.0 Å². The minimum atomic E-state index is -1.52. The molecule has 0 radical (unpaired) electrons. The highest BCUT2D eigenvalue weighted by atomic mass is 16.7. The minimum absolute atomic E-state index is 0.0380. The number of allylic oxidation sites excluding steroid dienone is 2. The van der Waals surface area contributed by atoms with Crippen LogP contribution in [-0.4, -0.2) is 77.5 Å². The maximum Gasteiger partial charge on any atom is 0.412 e. The van der Waals surface area contributed by atoms with Crippen molar-refractivity contribution in [1.29, 1.82) is 0 Å². The van der Waals surface area contributed by atoms with Gasteiger partial charge in [-0.15, -0.1) is 13.2 Å². The number of nitrogens with one attached hydrogen (secondary N) is 1. The summed E-state index contributed by atoms with van der Waals surface area (Å²) in [4.78, 5) is 50.4. The second kappa shape index (κ2) is 17.8. The zero-order valence-electron chi connectivity index (χ0n) is 29.6.